The van der Waals surface area contributed by atoms with Crippen molar-refractivity contribution in [1.29, 1.82) is 0 Å². The van der Waals surface area contributed by atoms with Crippen LogP contribution in [0.4, 0.5) is 5.69 Å². The molecule has 25 heavy (non-hydrogen) atoms. The number of benzene rings is 2. The summed E-state index contributed by atoms with van der Waals surface area (Å²) < 4.78 is 0. The summed E-state index contributed by atoms with van der Waals surface area (Å²) in [6, 6.07) is 19.4. The summed E-state index contributed by atoms with van der Waals surface area (Å²) in [6.45, 7) is 0. The van der Waals surface area contributed by atoms with Crippen LogP contribution in [0.1, 0.15) is 18.4 Å². The highest BCUT2D eigenvalue weighted by Crippen LogP contribution is 2.41. The van der Waals surface area contributed by atoms with Gasteiger partial charge in [-0.05, 0) is 36.6 Å². The van der Waals surface area contributed by atoms with E-state index in [-0.39, 0.29) is 11.7 Å². The van der Waals surface area contributed by atoms with Crippen molar-refractivity contribution in [3.05, 3.63) is 82.4 Å². The highest BCUT2D eigenvalue weighted by atomic mass is 32.2. The minimum atomic E-state index is 0.0342. The number of carbonyl (C=O) groups is 2. The molecule has 3 nitrogen and oxygen atoms in total. The predicted octanol–water partition coefficient (Wildman–Crippen LogP) is 4.42. The Balaban J connectivity index is 1.70. The number of para-hydroxylation sites is 1. The number of anilines is 1. The van der Waals surface area contributed by atoms with Gasteiger partial charge < -0.3 is 0 Å². The molecular formula is C21H17NO2S. The second-order valence-corrected chi connectivity index (χ2v) is 7.01. The highest BCUT2D eigenvalue weighted by Gasteiger charge is 2.35. The second-order valence-electron chi connectivity index (χ2n) is 6.05. The molecule has 124 valence electrons. The summed E-state index contributed by atoms with van der Waals surface area (Å²) in [4.78, 5) is 27.0. The van der Waals surface area contributed by atoms with Gasteiger partial charge in [-0.15, -0.1) is 0 Å². The van der Waals surface area contributed by atoms with Crippen LogP contribution in [0.3, 0.4) is 0 Å². The fourth-order valence-corrected chi connectivity index (χ4v) is 4.30. The number of hydrogen-bond donors (Lipinski definition) is 0. The lowest BCUT2D eigenvalue weighted by atomic mass is 10.1. The normalized spacial score (nSPS) is 22.2. The third-order valence-corrected chi connectivity index (χ3v) is 5.50. The predicted molar refractivity (Wildman–Crippen MR) is 102 cm³/mol. The van der Waals surface area contributed by atoms with E-state index in [1.807, 2.05) is 66.7 Å². The Hall–Kier alpha value is -2.59. The quantitative estimate of drug-likeness (QED) is 0.755. The maximum absolute atomic E-state index is 12.9. The Kier molecular flexibility index (Phi) is 4.28. The van der Waals surface area contributed by atoms with Crippen LogP contribution in [0.25, 0.3) is 6.08 Å². The van der Waals surface area contributed by atoms with Gasteiger partial charge in [-0.25, -0.2) is 0 Å². The van der Waals surface area contributed by atoms with Crippen molar-refractivity contribution < 1.29 is 9.59 Å². The van der Waals surface area contributed by atoms with Gasteiger partial charge in [-0.2, -0.15) is 0 Å². The first-order valence-corrected chi connectivity index (χ1v) is 9.27. The van der Waals surface area contributed by atoms with Crippen LogP contribution in [-0.4, -0.2) is 17.4 Å². The molecule has 1 saturated heterocycles. The Bertz CT molecular complexity index is 885. The molecule has 2 aliphatic rings. The zero-order valence-electron chi connectivity index (χ0n) is 13.6. The zero-order valence-corrected chi connectivity index (χ0v) is 14.5. The largest absolute Gasteiger partial charge is 0.289 e. The van der Waals surface area contributed by atoms with Crippen molar-refractivity contribution in [3.63, 3.8) is 0 Å². The van der Waals surface area contributed by atoms with Crippen LogP contribution in [0.15, 0.2) is 76.8 Å². The topological polar surface area (TPSA) is 37.4 Å². The van der Waals surface area contributed by atoms with Gasteiger partial charge in [0.25, 0.3) is 0 Å². The monoisotopic (exact) mass is 347 g/mol. The first-order valence-electron chi connectivity index (χ1n) is 8.28. The average molecular weight is 347 g/mol. The maximum Gasteiger partial charge on any atom is 0.242 e. The number of amides is 1. The molecular weight excluding hydrogens is 330 g/mol. The Morgan fingerprint density at radius 2 is 1.56 bits per heavy atom. The molecule has 0 N–H and O–H groups in total. The number of nitrogens with zero attached hydrogens (tertiary/aromatic N) is 1. The van der Waals surface area contributed by atoms with E-state index in [0.29, 0.717) is 12.2 Å². The number of rotatable bonds is 2. The van der Waals surface area contributed by atoms with E-state index in [1.54, 1.807) is 4.90 Å². The van der Waals surface area contributed by atoms with E-state index < -0.39 is 0 Å². The number of thioether (sulfide) groups is 1. The fraction of sp³-hybridized carbons (Fsp3) is 0.143. The van der Waals surface area contributed by atoms with Crippen molar-refractivity contribution in [3.8, 4) is 0 Å². The average Bonchev–Trinajstić information content (AvgIpc) is 3.20. The van der Waals surface area contributed by atoms with Crippen LogP contribution in [0, 0.1) is 0 Å². The van der Waals surface area contributed by atoms with Crippen molar-refractivity contribution in [1.82, 2.24) is 0 Å². The van der Waals surface area contributed by atoms with Crippen molar-refractivity contribution in [2.24, 2.45) is 0 Å². The minimum absolute atomic E-state index is 0.0342. The minimum Gasteiger partial charge on any atom is -0.289 e. The molecule has 4 rings (SSSR count). The van der Waals surface area contributed by atoms with Gasteiger partial charge in [0.05, 0.1) is 10.8 Å². The lowest BCUT2D eigenvalue weighted by molar-refractivity contribution is -0.115. The SMILES string of the molecule is O=C1/C(=C\c2ccccc2)CC/C1=C1\SCC(=O)N1c1ccccc1. The van der Waals surface area contributed by atoms with Gasteiger partial charge >= 0.3 is 0 Å². The van der Waals surface area contributed by atoms with E-state index in [9.17, 15) is 9.59 Å². The number of hydrogen-bond acceptors (Lipinski definition) is 3. The van der Waals surface area contributed by atoms with Gasteiger partial charge in [0.1, 0.15) is 0 Å². The molecule has 0 radical (unpaired) electrons. The number of allylic oxidation sites excluding steroid dienone is 2. The van der Waals surface area contributed by atoms with Gasteiger partial charge in [0, 0.05) is 16.8 Å². The maximum atomic E-state index is 12.9. The van der Waals surface area contributed by atoms with Gasteiger partial charge in [-0.3, -0.25) is 14.5 Å². The number of Topliss-reactive ketones (excluding diaryl/α,β-unsaturated/α-hetero) is 1. The van der Waals surface area contributed by atoms with Crippen LogP contribution >= 0.6 is 11.8 Å². The number of carbonyl (C=O) groups excluding carboxylic acids is 2. The molecule has 1 aliphatic carbocycles. The molecule has 2 aromatic rings. The molecule has 1 saturated carbocycles. The summed E-state index contributed by atoms with van der Waals surface area (Å²) in [7, 11) is 0. The zero-order chi connectivity index (χ0) is 17.2. The molecule has 1 heterocycles. The van der Waals surface area contributed by atoms with Gasteiger partial charge in [0.2, 0.25) is 5.91 Å². The van der Waals surface area contributed by atoms with Crippen molar-refractivity contribution in [2.45, 2.75) is 12.8 Å². The second kappa shape index (κ2) is 6.73. The summed E-state index contributed by atoms with van der Waals surface area (Å²) in [5.74, 6) is 0.493. The summed E-state index contributed by atoms with van der Waals surface area (Å²) in [5, 5.41) is 0.803. The molecule has 0 atom stereocenters. The van der Waals surface area contributed by atoms with E-state index >= 15 is 0 Å². The van der Waals surface area contributed by atoms with Gasteiger partial charge in [-0.1, -0.05) is 60.3 Å². The Labute approximate surface area is 151 Å². The first kappa shape index (κ1) is 15.9. The molecule has 0 spiro atoms. The molecule has 0 unspecified atom stereocenters. The fourth-order valence-electron chi connectivity index (χ4n) is 3.21. The van der Waals surface area contributed by atoms with E-state index in [4.69, 9.17) is 0 Å². The Morgan fingerprint density at radius 3 is 2.28 bits per heavy atom. The molecule has 0 aromatic heterocycles. The molecule has 1 aliphatic heterocycles. The number of ketones is 1. The van der Waals surface area contributed by atoms with Crippen molar-refractivity contribution >= 4 is 35.2 Å². The highest BCUT2D eigenvalue weighted by molar-refractivity contribution is 8.04. The lowest BCUT2D eigenvalue weighted by Gasteiger charge is -2.18. The third kappa shape index (κ3) is 3.05. The van der Waals surface area contributed by atoms with Crippen molar-refractivity contribution in [2.75, 3.05) is 10.7 Å². The molecule has 0 bridgehead atoms. The molecule has 4 heteroatoms. The van der Waals surface area contributed by atoms with E-state index in [2.05, 4.69) is 0 Å². The van der Waals surface area contributed by atoms with E-state index in [1.165, 1.54) is 11.8 Å². The van der Waals surface area contributed by atoms with Crippen LogP contribution in [0.5, 0.6) is 0 Å². The van der Waals surface area contributed by atoms with Crippen LogP contribution in [0.2, 0.25) is 0 Å². The van der Waals surface area contributed by atoms with Crippen LogP contribution < -0.4 is 4.90 Å². The first-order chi connectivity index (χ1) is 12.2. The molecule has 2 aromatic carbocycles. The standard InChI is InChI=1S/C21H17NO2S/c23-19-14-25-21(22(19)17-9-5-2-6-10-17)18-12-11-16(20(18)24)13-15-7-3-1-4-8-15/h1-10,13H,11-12,14H2/b16-13-,21-18+. The summed E-state index contributed by atoms with van der Waals surface area (Å²) >= 11 is 1.47. The Morgan fingerprint density at radius 1 is 0.880 bits per heavy atom. The lowest BCUT2D eigenvalue weighted by Crippen LogP contribution is -2.25. The van der Waals surface area contributed by atoms with Crippen LogP contribution in [-0.2, 0) is 9.59 Å². The summed E-state index contributed by atoms with van der Waals surface area (Å²) in [5.41, 5.74) is 3.45. The van der Waals surface area contributed by atoms with Gasteiger partial charge in [0.15, 0.2) is 5.78 Å². The molecule has 1 amide bonds. The van der Waals surface area contributed by atoms with E-state index in [0.717, 1.165) is 33.8 Å². The smallest absolute Gasteiger partial charge is 0.242 e. The molecule has 2 fully saturated rings. The third-order valence-electron chi connectivity index (χ3n) is 4.41. The summed E-state index contributed by atoms with van der Waals surface area (Å²) in [6.07, 6.45) is 3.38.